The molecule has 5 heteroatoms. The molecule has 0 amide bonds. The Morgan fingerprint density at radius 1 is 1.31 bits per heavy atom. The number of hydrogen-bond acceptors (Lipinski definition) is 2. The van der Waals surface area contributed by atoms with Crippen molar-refractivity contribution in [1.29, 1.82) is 0 Å². The van der Waals surface area contributed by atoms with Crippen LogP contribution >= 0.6 is 15.9 Å². The second kappa shape index (κ2) is 4.77. The van der Waals surface area contributed by atoms with E-state index in [1.165, 1.54) is 12.1 Å². The van der Waals surface area contributed by atoms with E-state index in [1.54, 1.807) is 0 Å². The van der Waals surface area contributed by atoms with Crippen LogP contribution in [-0.2, 0) is 0 Å². The fourth-order valence-corrected chi connectivity index (χ4v) is 2.48. The fraction of sp³-hybridized carbons (Fsp3) is 0.455. The van der Waals surface area contributed by atoms with E-state index >= 15 is 0 Å². The standard InChI is InChI=1S/C11H13BrF2N2/c12-7-4-8(13)10(9(14)5-7)11(16-15)6-2-1-3-6/h4-6,11,16H,1-3,15H2. The maximum Gasteiger partial charge on any atom is 0.132 e. The number of halogens is 3. The average molecular weight is 291 g/mol. The Morgan fingerprint density at radius 2 is 1.88 bits per heavy atom. The summed E-state index contributed by atoms with van der Waals surface area (Å²) in [6.45, 7) is 0. The van der Waals surface area contributed by atoms with Gasteiger partial charge in [-0.2, -0.15) is 0 Å². The summed E-state index contributed by atoms with van der Waals surface area (Å²) in [6, 6.07) is 2.10. The molecule has 0 saturated heterocycles. The average Bonchev–Trinajstić information content (AvgIpc) is 2.11. The van der Waals surface area contributed by atoms with Crippen molar-refractivity contribution < 1.29 is 8.78 Å². The van der Waals surface area contributed by atoms with Crippen molar-refractivity contribution in [3.63, 3.8) is 0 Å². The lowest BCUT2D eigenvalue weighted by molar-refractivity contribution is 0.224. The quantitative estimate of drug-likeness (QED) is 0.663. The van der Waals surface area contributed by atoms with E-state index in [9.17, 15) is 8.78 Å². The molecule has 0 aromatic heterocycles. The summed E-state index contributed by atoms with van der Waals surface area (Å²) in [6.07, 6.45) is 3.02. The lowest BCUT2D eigenvalue weighted by atomic mass is 9.77. The summed E-state index contributed by atoms with van der Waals surface area (Å²) in [5, 5.41) is 0. The van der Waals surface area contributed by atoms with Crippen LogP contribution in [0.5, 0.6) is 0 Å². The summed E-state index contributed by atoms with van der Waals surface area (Å²) in [7, 11) is 0. The fourth-order valence-electron chi connectivity index (χ4n) is 2.08. The van der Waals surface area contributed by atoms with Crippen LogP contribution in [0.25, 0.3) is 0 Å². The minimum absolute atomic E-state index is 0.0513. The van der Waals surface area contributed by atoms with Crippen LogP contribution in [0, 0.1) is 17.6 Å². The number of hydrogen-bond donors (Lipinski definition) is 2. The molecular weight excluding hydrogens is 278 g/mol. The summed E-state index contributed by atoms with van der Waals surface area (Å²) in [5.74, 6) is 4.52. The maximum atomic E-state index is 13.7. The van der Waals surface area contributed by atoms with Gasteiger partial charge in [-0.25, -0.2) is 8.78 Å². The smallest absolute Gasteiger partial charge is 0.132 e. The SMILES string of the molecule is NNC(c1c(F)cc(Br)cc1F)C1CCC1. The molecule has 16 heavy (non-hydrogen) atoms. The Bertz CT molecular complexity index is 371. The summed E-state index contributed by atoms with van der Waals surface area (Å²) in [4.78, 5) is 0. The molecule has 1 atom stereocenters. The Balaban J connectivity index is 2.36. The van der Waals surface area contributed by atoms with Gasteiger partial charge in [-0.1, -0.05) is 22.4 Å². The van der Waals surface area contributed by atoms with Gasteiger partial charge < -0.3 is 0 Å². The second-order valence-corrected chi connectivity index (χ2v) is 5.03. The van der Waals surface area contributed by atoms with Gasteiger partial charge in [0.25, 0.3) is 0 Å². The topological polar surface area (TPSA) is 38.0 Å². The molecule has 88 valence electrons. The minimum Gasteiger partial charge on any atom is -0.271 e. The Hall–Kier alpha value is -0.520. The molecule has 1 saturated carbocycles. The molecule has 2 nitrogen and oxygen atoms in total. The Labute approximate surface area is 101 Å². The zero-order chi connectivity index (χ0) is 11.7. The molecule has 2 rings (SSSR count). The van der Waals surface area contributed by atoms with Crippen LogP contribution in [0.1, 0.15) is 30.9 Å². The summed E-state index contributed by atoms with van der Waals surface area (Å²) in [5.41, 5.74) is 2.58. The molecule has 0 bridgehead atoms. The van der Waals surface area contributed by atoms with E-state index in [1.807, 2.05) is 0 Å². The predicted octanol–water partition coefficient (Wildman–Crippen LogP) is 3.03. The van der Waals surface area contributed by atoms with Crippen molar-refractivity contribution in [3.8, 4) is 0 Å². The van der Waals surface area contributed by atoms with Crippen molar-refractivity contribution in [2.24, 2.45) is 11.8 Å². The van der Waals surface area contributed by atoms with Crippen molar-refractivity contribution in [2.75, 3.05) is 0 Å². The highest BCUT2D eigenvalue weighted by Gasteiger charge is 2.31. The number of hydrazine groups is 1. The van der Waals surface area contributed by atoms with Crippen LogP contribution in [0.15, 0.2) is 16.6 Å². The molecule has 1 unspecified atom stereocenters. The zero-order valence-corrected chi connectivity index (χ0v) is 10.2. The molecule has 1 aromatic carbocycles. The van der Waals surface area contributed by atoms with Crippen molar-refractivity contribution in [3.05, 3.63) is 33.8 Å². The highest BCUT2D eigenvalue weighted by atomic mass is 79.9. The first kappa shape index (κ1) is 12.0. The first-order valence-corrected chi connectivity index (χ1v) is 6.03. The molecule has 0 heterocycles. The van der Waals surface area contributed by atoms with Gasteiger partial charge in [0.2, 0.25) is 0 Å². The summed E-state index contributed by atoms with van der Waals surface area (Å²) < 4.78 is 27.8. The first-order valence-electron chi connectivity index (χ1n) is 5.24. The largest absolute Gasteiger partial charge is 0.271 e. The number of nitrogens with two attached hydrogens (primary N) is 1. The third-order valence-corrected chi connectivity index (χ3v) is 3.61. The van der Waals surface area contributed by atoms with Gasteiger partial charge in [0, 0.05) is 10.0 Å². The first-order chi connectivity index (χ1) is 7.63. The monoisotopic (exact) mass is 290 g/mol. The number of rotatable bonds is 3. The van der Waals surface area contributed by atoms with E-state index in [4.69, 9.17) is 5.84 Å². The number of benzene rings is 1. The van der Waals surface area contributed by atoms with Gasteiger partial charge in [0.1, 0.15) is 11.6 Å². The second-order valence-electron chi connectivity index (χ2n) is 4.12. The Kier molecular flexibility index (Phi) is 3.56. The third-order valence-electron chi connectivity index (χ3n) is 3.16. The van der Waals surface area contributed by atoms with Gasteiger partial charge in [0.05, 0.1) is 6.04 Å². The van der Waals surface area contributed by atoms with E-state index in [0.717, 1.165) is 19.3 Å². The van der Waals surface area contributed by atoms with Crippen LogP contribution in [0.2, 0.25) is 0 Å². The van der Waals surface area contributed by atoms with Crippen LogP contribution in [-0.4, -0.2) is 0 Å². The van der Waals surface area contributed by atoms with Gasteiger partial charge in [-0.15, -0.1) is 0 Å². The van der Waals surface area contributed by atoms with Gasteiger partial charge >= 0.3 is 0 Å². The highest BCUT2D eigenvalue weighted by Crippen LogP contribution is 2.39. The predicted molar refractivity (Wildman–Crippen MR) is 61.5 cm³/mol. The van der Waals surface area contributed by atoms with Gasteiger partial charge in [-0.05, 0) is 30.9 Å². The van der Waals surface area contributed by atoms with Crippen LogP contribution in [0.3, 0.4) is 0 Å². The Morgan fingerprint density at radius 3 is 2.25 bits per heavy atom. The highest BCUT2D eigenvalue weighted by molar-refractivity contribution is 9.10. The molecular formula is C11H13BrF2N2. The van der Waals surface area contributed by atoms with E-state index < -0.39 is 17.7 Å². The molecule has 1 fully saturated rings. The zero-order valence-electron chi connectivity index (χ0n) is 8.64. The number of nitrogens with one attached hydrogen (secondary N) is 1. The lowest BCUT2D eigenvalue weighted by Gasteiger charge is -2.33. The van der Waals surface area contributed by atoms with Crippen LogP contribution in [0.4, 0.5) is 8.78 Å². The maximum absolute atomic E-state index is 13.7. The molecule has 1 aliphatic rings. The van der Waals surface area contributed by atoms with Gasteiger partial charge in [0.15, 0.2) is 0 Å². The van der Waals surface area contributed by atoms with E-state index in [2.05, 4.69) is 21.4 Å². The molecule has 1 aromatic rings. The molecule has 0 aliphatic heterocycles. The summed E-state index contributed by atoms with van der Waals surface area (Å²) >= 11 is 3.05. The van der Waals surface area contributed by atoms with Crippen molar-refractivity contribution in [1.82, 2.24) is 5.43 Å². The normalized spacial score (nSPS) is 18.2. The molecule has 0 spiro atoms. The lowest BCUT2D eigenvalue weighted by Crippen LogP contribution is -2.37. The van der Waals surface area contributed by atoms with E-state index in [-0.39, 0.29) is 11.5 Å². The van der Waals surface area contributed by atoms with Crippen molar-refractivity contribution >= 4 is 15.9 Å². The minimum atomic E-state index is -0.554. The molecule has 0 radical (unpaired) electrons. The van der Waals surface area contributed by atoms with E-state index in [0.29, 0.717) is 4.47 Å². The van der Waals surface area contributed by atoms with Crippen molar-refractivity contribution in [2.45, 2.75) is 25.3 Å². The molecule has 1 aliphatic carbocycles. The van der Waals surface area contributed by atoms with Crippen LogP contribution < -0.4 is 11.3 Å². The van der Waals surface area contributed by atoms with Gasteiger partial charge in [-0.3, -0.25) is 11.3 Å². The molecule has 3 N–H and O–H groups in total. The third kappa shape index (κ3) is 2.12.